The SMILES string of the molecule is CC(C)(C)[S@](=O)/N=C/C1(O)CCCCC1. The molecule has 0 aromatic heterocycles. The van der Waals surface area contributed by atoms with Crippen molar-refractivity contribution in [2.75, 3.05) is 0 Å². The van der Waals surface area contributed by atoms with Crippen molar-refractivity contribution >= 4 is 17.2 Å². The standard InChI is InChI=1S/C11H21NO2S/c1-10(2,3)15(14)12-9-11(13)7-5-4-6-8-11/h9,13H,4-8H2,1-3H3/b12-9+/t15-/m0/s1. The monoisotopic (exact) mass is 231 g/mol. The lowest BCUT2D eigenvalue weighted by Crippen LogP contribution is -2.33. The van der Waals surface area contributed by atoms with Crippen molar-refractivity contribution in [2.24, 2.45) is 4.40 Å². The van der Waals surface area contributed by atoms with Crippen LogP contribution in [0.3, 0.4) is 0 Å². The zero-order valence-electron chi connectivity index (χ0n) is 9.82. The van der Waals surface area contributed by atoms with Gasteiger partial charge in [0.25, 0.3) is 0 Å². The third kappa shape index (κ3) is 4.03. The van der Waals surface area contributed by atoms with Crippen LogP contribution in [-0.2, 0) is 11.0 Å². The summed E-state index contributed by atoms with van der Waals surface area (Å²) in [7, 11) is -1.26. The van der Waals surface area contributed by atoms with Crippen molar-refractivity contribution in [1.82, 2.24) is 0 Å². The molecule has 1 aliphatic carbocycles. The number of rotatable bonds is 2. The van der Waals surface area contributed by atoms with E-state index < -0.39 is 16.6 Å². The van der Waals surface area contributed by atoms with Crippen molar-refractivity contribution in [3.05, 3.63) is 0 Å². The molecule has 1 N–H and O–H groups in total. The summed E-state index contributed by atoms with van der Waals surface area (Å²) in [4.78, 5) is 0. The Hall–Kier alpha value is -0.220. The Labute approximate surface area is 94.6 Å². The minimum absolute atomic E-state index is 0.346. The van der Waals surface area contributed by atoms with Crippen molar-refractivity contribution < 1.29 is 9.32 Å². The van der Waals surface area contributed by atoms with Gasteiger partial charge >= 0.3 is 0 Å². The molecule has 0 aromatic carbocycles. The lowest BCUT2D eigenvalue weighted by atomic mass is 9.86. The van der Waals surface area contributed by atoms with Crippen LogP contribution in [0.15, 0.2) is 4.40 Å². The Morgan fingerprint density at radius 3 is 2.27 bits per heavy atom. The topological polar surface area (TPSA) is 49.7 Å². The van der Waals surface area contributed by atoms with E-state index >= 15 is 0 Å². The van der Waals surface area contributed by atoms with Gasteiger partial charge in [-0.2, -0.15) is 4.40 Å². The van der Waals surface area contributed by atoms with Crippen LogP contribution in [0.25, 0.3) is 0 Å². The van der Waals surface area contributed by atoms with Crippen molar-refractivity contribution in [2.45, 2.75) is 63.2 Å². The zero-order valence-corrected chi connectivity index (χ0v) is 10.6. The maximum atomic E-state index is 11.7. The fourth-order valence-electron chi connectivity index (χ4n) is 1.60. The second kappa shape index (κ2) is 4.74. The van der Waals surface area contributed by atoms with Crippen molar-refractivity contribution in [3.8, 4) is 0 Å². The smallest absolute Gasteiger partial charge is 0.144 e. The van der Waals surface area contributed by atoms with Gasteiger partial charge in [-0.05, 0) is 33.6 Å². The molecular formula is C11H21NO2S. The first-order chi connectivity index (χ1) is 6.83. The summed E-state index contributed by atoms with van der Waals surface area (Å²) >= 11 is 0. The van der Waals surface area contributed by atoms with E-state index in [0.29, 0.717) is 0 Å². The molecule has 15 heavy (non-hydrogen) atoms. The molecule has 3 nitrogen and oxygen atoms in total. The molecule has 1 atom stereocenters. The average molecular weight is 231 g/mol. The minimum Gasteiger partial charge on any atom is -0.384 e. The van der Waals surface area contributed by atoms with E-state index in [4.69, 9.17) is 0 Å². The van der Waals surface area contributed by atoms with Gasteiger partial charge in [-0.3, -0.25) is 0 Å². The first kappa shape index (κ1) is 12.8. The lowest BCUT2D eigenvalue weighted by Gasteiger charge is -2.28. The molecule has 4 heteroatoms. The molecule has 1 aliphatic rings. The highest BCUT2D eigenvalue weighted by Crippen LogP contribution is 2.26. The lowest BCUT2D eigenvalue weighted by molar-refractivity contribution is 0.0760. The maximum absolute atomic E-state index is 11.7. The van der Waals surface area contributed by atoms with Gasteiger partial charge in [-0.1, -0.05) is 19.3 Å². The van der Waals surface area contributed by atoms with Crippen molar-refractivity contribution in [3.63, 3.8) is 0 Å². The molecule has 0 heterocycles. The molecule has 1 saturated carbocycles. The quantitative estimate of drug-likeness (QED) is 0.741. The highest BCUT2D eigenvalue weighted by Gasteiger charge is 2.28. The van der Waals surface area contributed by atoms with E-state index in [2.05, 4.69) is 4.40 Å². The van der Waals surface area contributed by atoms with E-state index in [1.807, 2.05) is 20.8 Å². The summed E-state index contributed by atoms with van der Waals surface area (Å²) in [5, 5.41) is 10.1. The largest absolute Gasteiger partial charge is 0.384 e. The molecule has 0 saturated heterocycles. The van der Waals surface area contributed by atoms with Gasteiger partial charge < -0.3 is 5.11 Å². The molecular weight excluding hydrogens is 210 g/mol. The molecule has 0 unspecified atom stereocenters. The number of hydrogen-bond acceptors (Lipinski definition) is 2. The molecule has 1 rings (SSSR count). The van der Waals surface area contributed by atoms with Crippen LogP contribution in [0, 0.1) is 0 Å². The molecule has 1 fully saturated rings. The molecule has 0 radical (unpaired) electrons. The summed E-state index contributed by atoms with van der Waals surface area (Å²) in [5.74, 6) is 0. The highest BCUT2D eigenvalue weighted by molar-refractivity contribution is 7.85. The predicted octanol–water partition coefficient (Wildman–Crippen LogP) is 2.21. The van der Waals surface area contributed by atoms with Gasteiger partial charge in [-0.25, -0.2) is 4.21 Å². The fourth-order valence-corrected chi connectivity index (χ4v) is 2.21. The second-order valence-corrected chi connectivity index (χ2v) is 7.19. The number of hydrogen-bond donors (Lipinski definition) is 1. The van der Waals surface area contributed by atoms with Gasteiger partial charge in [0, 0.05) is 6.21 Å². The Morgan fingerprint density at radius 2 is 1.80 bits per heavy atom. The van der Waals surface area contributed by atoms with E-state index in [1.165, 1.54) is 12.6 Å². The van der Waals surface area contributed by atoms with E-state index in [9.17, 15) is 9.32 Å². The van der Waals surface area contributed by atoms with Gasteiger partial charge in [0.2, 0.25) is 0 Å². The van der Waals surface area contributed by atoms with Crippen LogP contribution in [0.1, 0.15) is 52.9 Å². The van der Waals surface area contributed by atoms with Gasteiger partial charge in [-0.15, -0.1) is 0 Å². The Kier molecular flexibility index (Phi) is 4.06. The zero-order chi connectivity index (χ0) is 11.5. The average Bonchev–Trinajstić information content (AvgIpc) is 2.14. The van der Waals surface area contributed by atoms with Crippen LogP contribution in [-0.4, -0.2) is 25.9 Å². The van der Waals surface area contributed by atoms with Gasteiger partial charge in [0.1, 0.15) is 16.6 Å². The summed E-state index contributed by atoms with van der Waals surface area (Å²) in [6, 6.07) is 0. The van der Waals surface area contributed by atoms with Gasteiger partial charge in [0.05, 0.1) is 4.75 Å². The molecule has 0 spiro atoms. The van der Waals surface area contributed by atoms with E-state index in [-0.39, 0.29) is 4.75 Å². The third-order valence-electron chi connectivity index (χ3n) is 2.63. The van der Waals surface area contributed by atoms with E-state index in [0.717, 1.165) is 25.7 Å². The van der Waals surface area contributed by atoms with Crippen LogP contribution in [0.4, 0.5) is 0 Å². The normalized spacial score (nSPS) is 24.3. The molecule has 0 aromatic rings. The summed E-state index contributed by atoms with van der Waals surface area (Å²) in [6.07, 6.45) is 6.25. The summed E-state index contributed by atoms with van der Waals surface area (Å²) in [6.45, 7) is 5.64. The first-order valence-corrected chi connectivity index (χ1v) is 6.64. The number of nitrogens with zero attached hydrogens (tertiary/aromatic N) is 1. The summed E-state index contributed by atoms with van der Waals surface area (Å²) in [5.41, 5.74) is -0.806. The predicted molar refractivity (Wildman–Crippen MR) is 64.4 cm³/mol. The molecule has 88 valence electrons. The van der Waals surface area contributed by atoms with Crippen LogP contribution < -0.4 is 0 Å². The molecule has 0 amide bonds. The maximum Gasteiger partial charge on any atom is 0.144 e. The summed E-state index contributed by atoms with van der Waals surface area (Å²) < 4.78 is 15.3. The van der Waals surface area contributed by atoms with Crippen LogP contribution >= 0.6 is 0 Å². The van der Waals surface area contributed by atoms with Gasteiger partial charge in [0.15, 0.2) is 0 Å². The fraction of sp³-hybridized carbons (Fsp3) is 0.909. The van der Waals surface area contributed by atoms with Crippen LogP contribution in [0.5, 0.6) is 0 Å². The third-order valence-corrected chi connectivity index (χ3v) is 3.98. The van der Waals surface area contributed by atoms with E-state index in [1.54, 1.807) is 0 Å². The Bertz CT molecular complexity index is 262. The Morgan fingerprint density at radius 1 is 1.27 bits per heavy atom. The molecule has 0 aliphatic heterocycles. The first-order valence-electron chi connectivity index (χ1n) is 5.53. The molecule has 0 bridgehead atoms. The van der Waals surface area contributed by atoms with Crippen molar-refractivity contribution in [1.29, 1.82) is 0 Å². The van der Waals surface area contributed by atoms with Crippen LogP contribution in [0.2, 0.25) is 0 Å². The second-order valence-electron chi connectivity index (χ2n) is 5.26. The highest BCUT2D eigenvalue weighted by atomic mass is 32.2. The number of aliphatic hydroxyl groups is 1. The minimum atomic E-state index is -1.26. The Balaban J connectivity index is 2.60.